The highest BCUT2D eigenvalue weighted by Gasteiger charge is 2.24. The average Bonchev–Trinajstić information content (AvgIpc) is 2.57. The Balaban J connectivity index is 2.05. The Morgan fingerprint density at radius 1 is 0.739 bits per heavy atom. The molecule has 2 heterocycles. The van der Waals surface area contributed by atoms with Gasteiger partial charge in [0, 0.05) is 24.8 Å². The van der Waals surface area contributed by atoms with E-state index in [2.05, 4.69) is 9.97 Å². The molecule has 0 spiro atoms. The van der Waals surface area contributed by atoms with E-state index in [1.807, 2.05) is 18.2 Å². The summed E-state index contributed by atoms with van der Waals surface area (Å²) in [5.74, 6) is -0.0848. The summed E-state index contributed by atoms with van der Waals surface area (Å²) in [4.78, 5) is 7.91. The molecule has 0 aliphatic heterocycles. The Hall–Kier alpha value is -2.73. The van der Waals surface area contributed by atoms with Crippen molar-refractivity contribution < 1.29 is 8.42 Å². The maximum atomic E-state index is 13.0. The van der Waals surface area contributed by atoms with Gasteiger partial charge in [0.25, 0.3) is 0 Å². The molecule has 6 heteroatoms. The lowest BCUT2D eigenvalue weighted by Gasteiger charge is -2.24. The van der Waals surface area contributed by atoms with E-state index >= 15 is 0 Å². The standard InChI is InChI=1S/C17H15N3O2S/c21-23(22,14-15-4-2-1-3-5-15)20(16-6-10-18-11-7-16)17-8-12-19-13-9-17/h1-13H,14H2. The van der Waals surface area contributed by atoms with Crippen LogP contribution in [0.25, 0.3) is 0 Å². The van der Waals surface area contributed by atoms with E-state index < -0.39 is 10.0 Å². The summed E-state index contributed by atoms with van der Waals surface area (Å²) in [6.07, 6.45) is 6.28. The summed E-state index contributed by atoms with van der Waals surface area (Å²) in [5.41, 5.74) is 1.82. The first-order chi connectivity index (χ1) is 11.2. The topological polar surface area (TPSA) is 63.2 Å². The van der Waals surface area contributed by atoms with E-state index in [1.54, 1.807) is 61.2 Å². The van der Waals surface area contributed by atoms with Gasteiger partial charge in [0.15, 0.2) is 0 Å². The van der Waals surface area contributed by atoms with Crippen molar-refractivity contribution in [1.29, 1.82) is 0 Å². The van der Waals surface area contributed by atoms with Gasteiger partial charge >= 0.3 is 0 Å². The van der Waals surface area contributed by atoms with Crippen molar-refractivity contribution in [2.45, 2.75) is 5.75 Å². The fourth-order valence-electron chi connectivity index (χ4n) is 2.28. The van der Waals surface area contributed by atoms with Crippen molar-refractivity contribution in [3.63, 3.8) is 0 Å². The molecule has 0 unspecified atom stereocenters. The van der Waals surface area contributed by atoms with Crippen LogP contribution in [0.3, 0.4) is 0 Å². The minimum atomic E-state index is -3.60. The normalized spacial score (nSPS) is 11.1. The van der Waals surface area contributed by atoms with Crippen molar-refractivity contribution in [3.8, 4) is 0 Å². The summed E-state index contributed by atoms with van der Waals surface area (Å²) in [6.45, 7) is 0. The van der Waals surface area contributed by atoms with Gasteiger partial charge < -0.3 is 0 Å². The van der Waals surface area contributed by atoms with Crippen LogP contribution in [-0.4, -0.2) is 18.4 Å². The first-order valence-corrected chi connectivity index (χ1v) is 8.65. The van der Waals surface area contributed by atoms with E-state index in [9.17, 15) is 8.42 Å². The van der Waals surface area contributed by atoms with Crippen molar-refractivity contribution in [2.24, 2.45) is 0 Å². The maximum absolute atomic E-state index is 13.0. The Bertz CT molecular complexity index is 815. The Morgan fingerprint density at radius 2 is 1.22 bits per heavy atom. The zero-order valence-corrected chi connectivity index (χ0v) is 13.1. The first kappa shape index (κ1) is 15.2. The van der Waals surface area contributed by atoms with Gasteiger partial charge in [0.2, 0.25) is 10.0 Å². The van der Waals surface area contributed by atoms with Crippen LogP contribution < -0.4 is 4.31 Å². The lowest BCUT2D eigenvalue weighted by atomic mass is 10.2. The fraction of sp³-hybridized carbons (Fsp3) is 0.0588. The zero-order valence-electron chi connectivity index (χ0n) is 12.3. The summed E-state index contributed by atoms with van der Waals surface area (Å²) in [6, 6.07) is 15.8. The lowest BCUT2D eigenvalue weighted by Crippen LogP contribution is -2.27. The van der Waals surface area contributed by atoms with Gasteiger partial charge in [-0.25, -0.2) is 12.7 Å². The lowest BCUT2D eigenvalue weighted by molar-refractivity contribution is 0.595. The molecular formula is C17H15N3O2S. The number of rotatable bonds is 5. The molecule has 3 rings (SSSR count). The quantitative estimate of drug-likeness (QED) is 0.723. The van der Waals surface area contributed by atoms with E-state index in [0.29, 0.717) is 11.4 Å². The number of aromatic nitrogens is 2. The van der Waals surface area contributed by atoms with Gasteiger partial charge in [-0.15, -0.1) is 0 Å². The third-order valence-electron chi connectivity index (χ3n) is 3.26. The van der Waals surface area contributed by atoms with Crippen LogP contribution in [0.5, 0.6) is 0 Å². The van der Waals surface area contributed by atoms with E-state index in [4.69, 9.17) is 0 Å². The second-order valence-corrected chi connectivity index (χ2v) is 6.73. The molecular weight excluding hydrogens is 310 g/mol. The van der Waals surface area contributed by atoms with Gasteiger partial charge in [-0.05, 0) is 29.8 Å². The molecule has 0 aliphatic carbocycles. The van der Waals surface area contributed by atoms with E-state index in [1.165, 1.54) is 4.31 Å². The Labute approximate surface area is 135 Å². The Kier molecular flexibility index (Phi) is 4.34. The van der Waals surface area contributed by atoms with Gasteiger partial charge in [0.1, 0.15) is 0 Å². The van der Waals surface area contributed by atoms with Crippen LogP contribution in [0.2, 0.25) is 0 Å². The third-order valence-corrected chi connectivity index (χ3v) is 4.94. The molecule has 0 amide bonds. The van der Waals surface area contributed by atoms with Crippen LogP contribution in [0.4, 0.5) is 11.4 Å². The number of nitrogens with zero attached hydrogens (tertiary/aromatic N) is 3. The fourth-order valence-corrected chi connectivity index (χ4v) is 3.91. The molecule has 0 fully saturated rings. The molecule has 23 heavy (non-hydrogen) atoms. The van der Waals surface area contributed by atoms with Crippen molar-refractivity contribution >= 4 is 21.4 Å². The summed E-state index contributed by atoms with van der Waals surface area (Å²) in [5, 5.41) is 0. The van der Waals surface area contributed by atoms with Crippen LogP contribution >= 0.6 is 0 Å². The zero-order chi connectivity index (χ0) is 16.1. The minimum Gasteiger partial charge on any atom is -0.265 e. The largest absolute Gasteiger partial charge is 0.265 e. The SMILES string of the molecule is O=S(=O)(Cc1ccccc1)N(c1ccncc1)c1ccncc1. The predicted octanol–water partition coefficient (Wildman–Crippen LogP) is 3.14. The third kappa shape index (κ3) is 3.54. The van der Waals surface area contributed by atoms with Gasteiger partial charge in [-0.3, -0.25) is 9.97 Å². The molecule has 5 nitrogen and oxygen atoms in total. The molecule has 0 aliphatic rings. The number of anilines is 2. The highest BCUT2D eigenvalue weighted by Crippen LogP contribution is 2.29. The van der Waals surface area contributed by atoms with Gasteiger partial charge in [-0.1, -0.05) is 30.3 Å². The van der Waals surface area contributed by atoms with E-state index in [-0.39, 0.29) is 5.75 Å². The second-order valence-electron chi connectivity index (χ2n) is 4.92. The maximum Gasteiger partial charge on any atom is 0.243 e. The second kappa shape index (κ2) is 6.58. The Morgan fingerprint density at radius 3 is 1.70 bits per heavy atom. The van der Waals surface area contributed by atoms with Crippen molar-refractivity contribution in [1.82, 2.24) is 9.97 Å². The van der Waals surface area contributed by atoms with Gasteiger partial charge in [0.05, 0.1) is 17.1 Å². The first-order valence-electron chi connectivity index (χ1n) is 7.04. The van der Waals surface area contributed by atoms with E-state index in [0.717, 1.165) is 5.56 Å². The highest BCUT2D eigenvalue weighted by molar-refractivity contribution is 7.92. The molecule has 0 saturated carbocycles. The molecule has 3 aromatic rings. The number of hydrogen-bond acceptors (Lipinski definition) is 4. The summed E-state index contributed by atoms with van der Waals surface area (Å²) < 4.78 is 27.3. The van der Waals surface area contributed by atoms with Crippen LogP contribution in [0, 0.1) is 0 Å². The molecule has 116 valence electrons. The summed E-state index contributed by atoms with van der Waals surface area (Å²) in [7, 11) is -3.60. The monoisotopic (exact) mass is 325 g/mol. The molecule has 0 radical (unpaired) electrons. The van der Waals surface area contributed by atoms with Crippen molar-refractivity contribution in [3.05, 3.63) is 84.9 Å². The van der Waals surface area contributed by atoms with Crippen molar-refractivity contribution in [2.75, 3.05) is 4.31 Å². The molecule has 0 atom stereocenters. The van der Waals surface area contributed by atoms with Gasteiger partial charge in [-0.2, -0.15) is 0 Å². The number of sulfonamides is 1. The van der Waals surface area contributed by atoms with Crippen LogP contribution in [0.15, 0.2) is 79.4 Å². The highest BCUT2D eigenvalue weighted by atomic mass is 32.2. The van der Waals surface area contributed by atoms with Crippen LogP contribution in [-0.2, 0) is 15.8 Å². The predicted molar refractivity (Wildman–Crippen MR) is 89.7 cm³/mol. The minimum absolute atomic E-state index is 0.0848. The smallest absolute Gasteiger partial charge is 0.243 e. The number of hydrogen-bond donors (Lipinski definition) is 0. The summed E-state index contributed by atoms with van der Waals surface area (Å²) >= 11 is 0. The molecule has 0 N–H and O–H groups in total. The number of pyridine rings is 2. The number of benzene rings is 1. The average molecular weight is 325 g/mol. The molecule has 1 aromatic carbocycles. The van der Waals surface area contributed by atoms with Crippen LogP contribution in [0.1, 0.15) is 5.56 Å². The molecule has 2 aromatic heterocycles. The molecule has 0 bridgehead atoms. The molecule has 0 saturated heterocycles.